The van der Waals surface area contributed by atoms with E-state index >= 15 is 0 Å². The predicted molar refractivity (Wildman–Crippen MR) is 81.0 cm³/mol. The second-order valence-electron chi connectivity index (χ2n) is 6.28. The van der Waals surface area contributed by atoms with E-state index in [0.29, 0.717) is 19.1 Å². The molecule has 0 radical (unpaired) electrons. The van der Waals surface area contributed by atoms with Crippen LogP contribution in [-0.4, -0.2) is 54.6 Å². The fourth-order valence-corrected chi connectivity index (χ4v) is 3.21. The van der Waals surface area contributed by atoms with Crippen molar-refractivity contribution in [2.45, 2.75) is 57.9 Å². The molecular weight excluding hydrogens is 268 g/mol. The normalized spacial score (nSPS) is 26.2. The van der Waals surface area contributed by atoms with Crippen LogP contribution in [0, 0.1) is 5.92 Å². The maximum absolute atomic E-state index is 12.3. The van der Waals surface area contributed by atoms with Gasteiger partial charge in [-0.15, -0.1) is 0 Å². The molecule has 0 aliphatic carbocycles. The SMILES string of the molecule is CCCCCCCC1C(=O)N(C)C(=O)N1CC1CCOC1. The number of ether oxygens (including phenoxy) is 1. The van der Waals surface area contributed by atoms with E-state index in [0.717, 1.165) is 32.3 Å². The zero-order valence-corrected chi connectivity index (χ0v) is 13.3. The Morgan fingerprint density at radius 2 is 1.95 bits per heavy atom. The minimum Gasteiger partial charge on any atom is -0.381 e. The molecule has 2 heterocycles. The molecule has 2 fully saturated rings. The Kier molecular flexibility index (Phi) is 6.03. The third-order valence-electron chi connectivity index (χ3n) is 4.58. The van der Waals surface area contributed by atoms with E-state index in [2.05, 4.69) is 6.92 Å². The summed E-state index contributed by atoms with van der Waals surface area (Å²) in [5.74, 6) is 0.352. The first kappa shape index (κ1) is 16.3. The van der Waals surface area contributed by atoms with Gasteiger partial charge in [0.15, 0.2) is 0 Å². The van der Waals surface area contributed by atoms with Crippen molar-refractivity contribution in [3.8, 4) is 0 Å². The zero-order valence-electron chi connectivity index (χ0n) is 13.3. The molecule has 2 atom stereocenters. The van der Waals surface area contributed by atoms with Crippen LogP contribution < -0.4 is 0 Å². The van der Waals surface area contributed by atoms with Gasteiger partial charge in [-0.25, -0.2) is 4.79 Å². The van der Waals surface area contributed by atoms with E-state index in [-0.39, 0.29) is 18.0 Å². The van der Waals surface area contributed by atoms with Crippen molar-refractivity contribution in [1.29, 1.82) is 0 Å². The summed E-state index contributed by atoms with van der Waals surface area (Å²) >= 11 is 0. The van der Waals surface area contributed by atoms with Crippen molar-refractivity contribution in [3.05, 3.63) is 0 Å². The van der Waals surface area contributed by atoms with E-state index < -0.39 is 0 Å². The molecule has 2 unspecified atom stereocenters. The highest BCUT2D eigenvalue weighted by Gasteiger charge is 2.43. The fourth-order valence-electron chi connectivity index (χ4n) is 3.21. The molecule has 0 bridgehead atoms. The van der Waals surface area contributed by atoms with Gasteiger partial charge < -0.3 is 9.64 Å². The van der Waals surface area contributed by atoms with Gasteiger partial charge in [0.25, 0.3) is 5.91 Å². The molecule has 0 N–H and O–H groups in total. The van der Waals surface area contributed by atoms with Crippen LogP contribution in [0.25, 0.3) is 0 Å². The number of carbonyl (C=O) groups excluding carboxylic acids is 2. The molecule has 5 nitrogen and oxygen atoms in total. The summed E-state index contributed by atoms with van der Waals surface area (Å²) in [5.41, 5.74) is 0. The highest BCUT2D eigenvalue weighted by Crippen LogP contribution is 2.25. The lowest BCUT2D eigenvalue weighted by Crippen LogP contribution is -2.39. The maximum atomic E-state index is 12.3. The first-order valence-electron chi connectivity index (χ1n) is 8.31. The highest BCUT2D eigenvalue weighted by molar-refractivity contribution is 6.03. The molecular formula is C16H28N2O3. The quantitative estimate of drug-likeness (QED) is 0.511. The third-order valence-corrected chi connectivity index (χ3v) is 4.58. The topological polar surface area (TPSA) is 49.9 Å². The maximum Gasteiger partial charge on any atom is 0.327 e. The second kappa shape index (κ2) is 7.78. The Morgan fingerprint density at radius 1 is 1.19 bits per heavy atom. The van der Waals surface area contributed by atoms with E-state index in [9.17, 15) is 9.59 Å². The summed E-state index contributed by atoms with van der Waals surface area (Å²) in [5, 5.41) is 0. The molecule has 0 aromatic rings. The molecule has 0 aromatic carbocycles. The minimum atomic E-state index is -0.246. The molecule has 2 rings (SSSR count). The lowest BCUT2D eigenvalue weighted by Gasteiger charge is -2.24. The summed E-state index contributed by atoms with van der Waals surface area (Å²) in [4.78, 5) is 27.6. The van der Waals surface area contributed by atoms with Crippen LogP contribution in [0.4, 0.5) is 4.79 Å². The number of urea groups is 1. The number of nitrogens with zero attached hydrogens (tertiary/aromatic N) is 2. The number of unbranched alkanes of at least 4 members (excludes halogenated alkanes) is 4. The van der Waals surface area contributed by atoms with Gasteiger partial charge in [-0.1, -0.05) is 39.0 Å². The van der Waals surface area contributed by atoms with Crippen LogP contribution in [0.5, 0.6) is 0 Å². The Labute approximate surface area is 127 Å². The number of hydrogen-bond acceptors (Lipinski definition) is 3. The van der Waals surface area contributed by atoms with Crippen LogP contribution >= 0.6 is 0 Å². The van der Waals surface area contributed by atoms with Gasteiger partial charge in [0.2, 0.25) is 0 Å². The molecule has 3 amide bonds. The Morgan fingerprint density at radius 3 is 2.62 bits per heavy atom. The lowest BCUT2D eigenvalue weighted by atomic mass is 10.0. The standard InChI is InChI=1S/C16H28N2O3/c1-3-4-5-6-7-8-14-15(19)17(2)16(20)18(14)11-13-9-10-21-12-13/h13-14H,3-12H2,1-2H3. The largest absolute Gasteiger partial charge is 0.381 e. The zero-order chi connectivity index (χ0) is 15.2. The van der Waals surface area contributed by atoms with Crippen molar-refractivity contribution in [1.82, 2.24) is 9.80 Å². The second-order valence-corrected chi connectivity index (χ2v) is 6.28. The molecule has 2 saturated heterocycles. The fraction of sp³-hybridized carbons (Fsp3) is 0.875. The molecule has 21 heavy (non-hydrogen) atoms. The van der Waals surface area contributed by atoms with Gasteiger partial charge >= 0.3 is 6.03 Å². The smallest absolute Gasteiger partial charge is 0.327 e. The minimum absolute atomic E-state index is 0.0330. The van der Waals surface area contributed by atoms with E-state index in [1.807, 2.05) is 0 Å². The number of amides is 3. The first-order chi connectivity index (χ1) is 10.1. The number of rotatable bonds is 8. The van der Waals surface area contributed by atoms with Crippen molar-refractivity contribution in [3.63, 3.8) is 0 Å². The van der Waals surface area contributed by atoms with E-state index in [1.54, 1.807) is 11.9 Å². The Hall–Kier alpha value is -1.10. The molecule has 2 aliphatic heterocycles. The van der Waals surface area contributed by atoms with Crippen LogP contribution in [0.2, 0.25) is 0 Å². The molecule has 0 spiro atoms. The van der Waals surface area contributed by atoms with E-state index in [1.165, 1.54) is 24.2 Å². The van der Waals surface area contributed by atoms with Gasteiger partial charge in [-0.05, 0) is 12.8 Å². The lowest BCUT2D eigenvalue weighted by molar-refractivity contribution is -0.127. The number of hydrogen-bond donors (Lipinski definition) is 0. The van der Waals surface area contributed by atoms with Gasteiger partial charge in [0.05, 0.1) is 6.61 Å². The molecule has 0 aromatic heterocycles. The van der Waals surface area contributed by atoms with Gasteiger partial charge in [0.1, 0.15) is 6.04 Å². The van der Waals surface area contributed by atoms with Crippen molar-refractivity contribution in [2.75, 3.05) is 26.8 Å². The summed E-state index contributed by atoms with van der Waals surface area (Å²) in [6, 6.07) is -0.379. The van der Waals surface area contributed by atoms with Gasteiger partial charge in [-0.3, -0.25) is 9.69 Å². The van der Waals surface area contributed by atoms with Crippen LogP contribution in [0.15, 0.2) is 0 Å². The summed E-state index contributed by atoms with van der Waals surface area (Å²) in [7, 11) is 1.60. The molecule has 2 aliphatic rings. The van der Waals surface area contributed by atoms with E-state index in [4.69, 9.17) is 4.74 Å². The molecule has 5 heteroatoms. The average Bonchev–Trinajstić information content (AvgIpc) is 3.05. The number of carbonyl (C=O) groups is 2. The van der Waals surface area contributed by atoms with Gasteiger partial charge in [-0.2, -0.15) is 0 Å². The average molecular weight is 296 g/mol. The summed E-state index contributed by atoms with van der Waals surface area (Å²) in [6.07, 6.45) is 7.65. The van der Waals surface area contributed by atoms with Crippen molar-refractivity contribution < 1.29 is 14.3 Å². The summed E-state index contributed by atoms with van der Waals surface area (Å²) < 4.78 is 5.38. The van der Waals surface area contributed by atoms with Crippen LogP contribution in [0.3, 0.4) is 0 Å². The van der Waals surface area contributed by atoms with Crippen LogP contribution in [0.1, 0.15) is 51.9 Å². The number of likely N-dealkylation sites (N-methyl/N-ethyl adjacent to an activating group) is 1. The van der Waals surface area contributed by atoms with Crippen molar-refractivity contribution >= 4 is 11.9 Å². The Bertz CT molecular complexity index is 367. The highest BCUT2D eigenvalue weighted by atomic mass is 16.5. The monoisotopic (exact) mass is 296 g/mol. The molecule has 120 valence electrons. The first-order valence-corrected chi connectivity index (χ1v) is 8.31. The van der Waals surface area contributed by atoms with Crippen molar-refractivity contribution in [2.24, 2.45) is 5.92 Å². The Balaban J connectivity index is 1.87. The third kappa shape index (κ3) is 3.96. The van der Waals surface area contributed by atoms with Gasteiger partial charge in [0, 0.05) is 26.1 Å². The summed E-state index contributed by atoms with van der Waals surface area (Å²) in [6.45, 7) is 4.34. The van der Waals surface area contributed by atoms with Crippen LogP contribution in [-0.2, 0) is 9.53 Å². The predicted octanol–water partition coefficient (Wildman–Crippen LogP) is 2.65. The molecule has 0 saturated carbocycles. The number of imide groups is 1.